The molecule has 2 aromatic rings. The number of nitrogens with one attached hydrogen (secondary N) is 1. The van der Waals surface area contributed by atoms with Gasteiger partial charge >= 0.3 is 0 Å². The number of carbonyl (C=O) groups is 3. The van der Waals surface area contributed by atoms with Crippen LogP contribution in [0.4, 0.5) is 5.82 Å². The summed E-state index contributed by atoms with van der Waals surface area (Å²) >= 11 is 0. The Hall–Kier alpha value is -2.96. The number of imide groups is 1. The first-order valence-corrected chi connectivity index (χ1v) is 9.86. The number of hydrogen-bond acceptors (Lipinski definition) is 4. The molecule has 0 bridgehead atoms. The van der Waals surface area contributed by atoms with Gasteiger partial charge in [-0.15, -0.1) is 0 Å². The van der Waals surface area contributed by atoms with Gasteiger partial charge in [0.15, 0.2) is 0 Å². The Morgan fingerprint density at radius 1 is 1.21 bits per heavy atom. The van der Waals surface area contributed by atoms with Gasteiger partial charge in [-0.2, -0.15) is 5.10 Å². The molecule has 1 aliphatic carbocycles. The first-order chi connectivity index (χ1) is 13.5. The second kappa shape index (κ2) is 7.22. The molecule has 28 heavy (non-hydrogen) atoms. The summed E-state index contributed by atoms with van der Waals surface area (Å²) in [7, 11) is 0. The second-order valence-electron chi connectivity index (χ2n) is 7.57. The number of hydrogen-bond donors (Lipinski definition) is 1. The maximum absolute atomic E-state index is 12.8. The number of aromatic nitrogens is 2. The summed E-state index contributed by atoms with van der Waals surface area (Å²) in [6.07, 6.45) is 5.70. The van der Waals surface area contributed by atoms with Gasteiger partial charge in [-0.3, -0.25) is 19.3 Å². The Morgan fingerprint density at radius 3 is 2.68 bits per heavy atom. The van der Waals surface area contributed by atoms with E-state index in [0.29, 0.717) is 35.0 Å². The summed E-state index contributed by atoms with van der Waals surface area (Å²) in [4.78, 5) is 39.0. The number of fused-ring (bicyclic) bond motifs is 1. The van der Waals surface area contributed by atoms with Crippen molar-refractivity contribution in [1.29, 1.82) is 0 Å². The van der Waals surface area contributed by atoms with Gasteiger partial charge in [-0.25, -0.2) is 4.68 Å². The number of unbranched alkanes of at least 4 members (excludes halogenated alkanes) is 1. The predicted molar refractivity (Wildman–Crippen MR) is 104 cm³/mol. The quantitative estimate of drug-likeness (QED) is 0.745. The summed E-state index contributed by atoms with van der Waals surface area (Å²) in [6.45, 7) is 4.52. The molecule has 4 rings (SSSR count). The van der Waals surface area contributed by atoms with Crippen LogP contribution >= 0.6 is 0 Å². The van der Waals surface area contributed by atoms with Crippen molar-refractivity contribution in [3.8, 4) is 0 Å². The van der Waals surface area contributed by atoms with Crippen molar-refractivity contribution >= 4 is 23.5 Å². The number of nitrogens with zero attached hydrogens (tertiary/aromatic N) is 3. The lowest BCUT2D eigenvalue weighted by Crippen LogP contribution is -2.30. The molecule has 0 saturated heterocycles. The fraction of sp³-hybridized carbons (Fsp3) is 0.429. The smallest absolute Gasteiger partial charge is 0.261 e. The average molecular weight is 380 g/mol. The Morgan fingerprint density at radius 2 is 1.96 bits per heavy atom. The zero-order chi connectivity index (χ0) is 19.8. The molecule has 1 N–H and O–H groups in total. The SMILES string of the molecule is CCCCN1C(=O)c2ccc(C(=O)Nc3ccnn3C(C)C3CC3)cc2C1=O. The molecule has 1 fully saturated rings. The van der Waals surface area contributed by atoms with Crippen LogP contribution in [0.25, 0.3) is 0 Å². The van der Waals surface area contributed by atoms with Gasteiger partial charge in [0.1, 0.15) is 5.82 Å². The molecule has 2 aliphatic rings. The number of benzene rings is 1. The van der Waals surface area contributed by atoms with E-state index < -0.39 is 0 Å². The minimum atomic E-state index is -0.324. The summed E-state index contributed by atoms with van der Waals surface area (Å²) in [5, 5.41) is 7.22. The first kappa shape index (κ1) is 18.4. The Labute approximate surface area is 163 Å². The normalized spacial score (nSPS) is 17.0. The van der Waals surface area contributed by atoms with Crippen LogP contribution < -0.4 is 5.32 Å². The van der Waals surface area contributed by atoms with Crippen molar-refractivity contribution < 1.29 is 14.4 Å². The van der Waals surface area contributed by atoms with Gasteiger partial charge in [-0.05, 0) is 50.3 Å². The zero-order valence-corrected chi connectivity index (χ0v) is 16.1. The summed E-state index contributed by atoms with van der Waals surface area (Å²) in [5.41, 5.74) is 1.02. The highest BCUT2D eigenvalue weighted by Crippen LogP contribution is 2.40. The van der Waals surface area contributed by atoms with Crippen LogP contribution in [0.2, 0.25) is 0 Å². The van der Waals surface area contributed by atoms with E-state index in [4.69, 9.17) is 0 Å². The molecule has 0 radical (unpaired) electrons. The lowest BCUT2D eigenvalue weighted by atomic mass is 10.1. The number of anilines is 1. The molecule has 1 aromatic carbocycles. The van der Waals surface area contributed by atoms with Crippen LogP contribution in [0.15, 0.2) is 30.5 Å². The van der Waals surface area contributed by atoms with E-state index in [2.05, 4.69) is 17.3 Å². The third-order valence-electron chi connectivity index (χ3n) is 5.57. The van der Waals surface area contributed by atoms with E-state index in [1.54, 1.807) is 24.4 Å². The molecule has 0 spiro atoms. The van der Waals surface area contributed by atoms with Crippen LogP contribution in [0.1, 0.15) is 76.6 Å². The van der Waals surface area contributed by atoms with Crippen LogP contribution in [0.3, 0.4) is 0 Å². The zero-order valence-electron chi connectivity index (χ0n) is 16.1. The van der Waals surface area contributed by atoms with Gasteiger partial charge in [0.2, 0.25) is 0 Å². The fourth-order valence-electron chi connectivity index (χ4n) is 3.66. The molecule has 3 amide bonds. The minimum absolute atomic E-state index is 0.233. The van der Waals surface area contributed by atoms with Gasteiger partial charge in [0.25, 0.3) is 17.7 Å². The van der Waals surface area contributed by atoms with Crippen LogP contribution in [0, 0.1) is 5.92 Å². The standard InChI is InChI=1S/C21H24N4O3/c1-3-4-11-24-20(27)16-8-7-15(12-17(16)21(24)28)19(26)23-18-9-10-22-25(18)13(2)14-5-6-14/h7-10,12-14H,3-6,11H2,1-2H3,(H,23,26). The fourth-order valence-corrected chi connectivity index (χ4v) is 3.66. The van der Waals surface area contributed by atoms with Crippen molar-refractivity contribution in [2.24, 2.45) is 5.92 Å². The number of carbonyl (C=O) groups excluding carboxylic acids is 3. The molecule has 146 valence electrons. The summed E-state index contributed by atoms with van der Waals surface area (Å²) < 4.78 is 1.84. The van der Waals surface area contributed by atoms with E-state index in [1.165, 1.54) is 23.8 Å². The van der Waals surface area contributed by atoms with Crippen LogP contribution in [-0.4, -0.2) is 38.9 Å². The first-order valence-electron chi connectivity index (χ1n) is 9.86. The molecule has 1 atom stereocenters. The maximum atomic E-state index is 12.8. The molecule has 7 heteroatoms. The van der Waals surface area contributed by atoms with Crippen LogP contribution in [0.5, 0.6) is 0 Å². The molecule has 2 heterocycles. The van der Waals surface area contributed by atoms with Gasteiger partial charge in [0, 0.05) is 18.2 Å². The van der Waals surface area contributed by atoms with Gasteiger partial charge in [-0.1, -0.05) is 13.3 Å². The van der Waals surface area contributed by atoms with E-state index in [-0.39, 0.29) is 23.8 Å². The molecule has 1 unspecified atom stereocenters. The molecule has 1 aliphatic heterocycles. The predicted octanol–water partition coefficient (Wildman–Crippen LogP) is 3.50. The highest BCUT2D eigenvalue weighted by molar-refractivity contribution is 6.22. The monoisotopic (exact) mass is 380 g/mol. The van der Waals surface area contributed by atoms with Crippen molar-refractivity contribution in [3.05, 3.63) is 47.2 Å². The summed E-state index contributed by atoms with van der Waals surface area (Å²) in [6, 6.07) is 6.68. The number of amides is 3. The molecule has 7 nitrogen and oxygen atoms in total. The van der Waals surface area contributed by atoms with Gasteiger partial charge < -0.3 is 5.32 Å². The van der Waals surface area contributed by atoms with E-state index in [9.17, 15) is 14.4 Å². The summed E-state index contributed by atoms with van der Waals surface area (Å²) in [5.74, 6) is 0.317. The number of rotatable bonds is 7. The van der Waals surface area contributed by atoms with Crippen molar-refractivity contribution in [3.63, 3.8) is 0 Å². The average Bonchev–Trinajstić information content (AvgIpc) is 3.40. The van der Waals surface area contributed by atoms with E-state index in [0.717, 1.165) is 12.8 Å². The van der Waals surface area contributed by atoms with Gasteiger partial charge in [0.05, 0.1) is 23.4 Å². The maximum Gasteiger partial charge on any atom is 0.261 e. The molecular weight excluding hydrogens is 356 g/mol. The molecule has 1 saturated carbocycles. The molecule has 1 aromatic heterocycles. The largest absolute Gasteiger partial charge is 0.307 e. The third kappa shape index (κ3) is 3.21. The van der Waals surface area contributed by atoms with Crippen LogP contribution in [-0.2, 0) is 0 Å². The topological polar surface area (TPSA) is 84.3 Å². The Balaban J connectivity index is 1.53. The highest BCUT2D eigenvalue weighted by Gasteiger charge is 2.35. The Kier molecular flexibility index (Phi) is 4.75. The highest BCUT2D eigenvalue weighted by atomic mass is 16.2. The molecular formula is C21H24N4O3. The minimum Gasteiger partial charge on any atom is -0.307 e. The lowest BCUT2D eigenvalue weighted by molar-refractivity contribution is 0.0652. The lowest BCUT2D eigenvalue weighted by Gasteiger charge is -2.15. The second-order valence-corrected chi connectivity index (χ2v) is 7.57. The van der Waals surface area contributed by atoms with Crippen molar-refractivity contribution in [1.82, 2.24) is 14.7 Å². The third-order valence-corrected chi connectivity index (χ3v) is 5.57. The van der Waals surface area contributed by atoms with Crippen molar-refractivity contribution in [2.75, 3.05) is 11.9 Å². The van der Waals surface area contributed by atoms with Crippen molar-refractivity contribution in [2.45, 2.75) is 45.6 Å². The van der Waals surface area contributed by atoms with E-state index in [1.807, 2.05) is 11.6 Å². The Bertz CT molecular complexity index is 945. The van der Waals surface area contributed by atoms with E-state index >= 15 is 0 Å².